The van der Waals surface area contributed by atoms with Crippen LogP contribution in [0.4, 0.5) is 0 Å². The fourth-order valence-electron chi connectivity index (χ4n) is 6.77. The Hall–Kier alpha value is -4.96. The molecule has 0 amide bonds. The quantitative estimate of drug-likeness (QED) is 0.226. The van der Waals surface area contributed by atoms with Crippen molar-refractivity contribution >= 4 is 32.7 Å². The summed E-state index contributed by atoms with van der Waals surface area (Å²) in [4.78, 5) is 10.4. The second kappa shape index (κ2) is 7.12. The lowest BCUT2D eigenvalue weighted by atomic mass is 9.82. The summed E-state index contributed by atoms with van der Waals surface area (Å²) in [6.45, 7) is 4.66. The van der Waals surface area contributed by atoms with E-state index in [1.54, 1.807) is 0 Å². The van der Waals surface area contributed by atoms with Crippen molar-refractivity contribution in [2.24, 2.45) is 0 Å². The lowest BCUT2D eigenvalue weighted by Gasteiger charge is -2.21. The van der Waals surface area contributed by atoms with Crippen LogP contribution in [0.1, 0.15) is 25.0 Å². The number of ether oxygens (including phenoxy) is 1. The Balaban J connectivity index is 1.41. The molecule has 0 unspecified atom stereocenters. The summed E-state index contributed by atoms with van der Waals surface area (Å²) in [5, 5.41) is 3.38. The SMILES string of the molecule is CC1(C)c2ccccc2-c2cc3c(cc21)c1ccccc1n3-c1nc2c3c(cccc3n1)Oc1ccccc1-2. The van der Waals surface area contributed by atoms with Crippen molar-refractivity contribution < 1.29 is 4.74 Å². The smallest absolute Gasteiger partial charge is 0.235 e. The van der Waals surface area contributed by atoms with Crippen LogP contribution >= 0.6 is 0 Å². The highest BCUT2D eigenvalue weighted by atomic mass is 16.5. The predicted octanol–water partition coefficient (Wildman–Crippen LogP) is 8.81. The van der Waals surface area contributed by atoms with Crippen molar-refractivity contribution in [2.75, 3.05) is 0 Å². The standard InChI is InChI=1S/C35H23N3O/c1-35(2)25-13-6-3-10-20(25)23-19-29-24(18-26(23)35)21-11-4-7-15-28(21)38(29)34-36-27-14-9-17-31-32(27)33(37-34)22-12-5-8-16-30(22)39-31/h3-19H,1-2H3. The minimum absolute atomic E-state index is 0.0624. The first kappa shape index (κ1) is 21.0. The summed E-state index contributed by atoms with van der Waals surface area (Å²) in [6.07, 6.45) is 0. The van der Waals surface area contributed by atoms with Crippen molar-refractivity contribution in [3.8, 4) is 39.8 Å². The summed E-state index contributed by atoms with van der Waals surface area (Å²) >= 11 is 0. The highest BCUT2D eigenvalue weighted by molar-refractivity contribution is 6.11. The lowest BCUT2D eigenvalue weighted by Crippen LogP contribution is -2.14. The molecule has 0 N–H and O–H groups in total. The molecule has 2 aromatic heterocycles. The first-order valence-corrected chi connectivity index (χ1v) is 13.4. The van der Waals surface area contributed by atoms with Gasteiger partial charge in [0.15, 0.2) is 0 Å². The van der Waals surface area contributed by atoms with Crippen molar-refractivity contribution in [1.29, 1.82) is 0 Å². The van der Waals surface area contributed by atoms with Crippen LogP contribution < -0.4 is 4.74 Å². The van der Waals surface area contributed by atoms with E-state index in [0.29, 0.717) is 5.95 Å². The van der Waals surface area contributed by atoms with E-state index in [2.05, 4.69) is 91.2 Å². The van der Waals surface area contributed by atoms with Gasteiger partial charge in [0, 0.05) is 21.8 Å². The van der Waals surface area contributed by atoms with Crippen molar-refractivity contribution in [2.45, 2.75) is 19.3 Å². The van der Waals surface area contributed by atoms with Gasteiger partial charge in [0.2, 0.25) is 5.95 Å². The van der Waals surface area contributed by atoms with E-state index in [9.17, 15) is 0 Å². The van der Waals surface area contributed by atoms with E-state index in [0.717, 1.165) is 44.7 Å². The van der Waals surface area contributed by atoms with Crippen LogP contribution in [0.3, 0.4) is 0 Å². The van der Waals surface area contributed by atoms with Gasteiger partial charge in [0.25, 0.3) is 0 Å². The number of hydrogen-bond donors (Lipinski definition) is 0. The van der Waals surface area contributed by atoms with Gasteiger partial charge in [0.1, 0.15) is 11.5 Å². The lowest BCUT2D eigenvalue weighted by molar-refractivity contribution is 0.486. The van der Waals surface area contributed by atoms with Crippen LogP contribution in [0.2, 0.25) is 0 Å². The van der Waals surface area contributed by atoms with E-state index in [1.807, 2.05) is 30.3 Å². The molecule has 0 atom stereocenters. The van der Waals surface area contributed by atoms with E-state index in [-0.39, 0.29) is 5.41 Å². The van der Waals surface area contributed by atoms with Gasteiger partial charge in [-0.25, -0.2) is 9.97 Å². The van der Waals surface area contributed by atoms with Gasteiger partial charge in [-0.05, 0) is 64.7 Å². The second-order valence-corrected chi connectivity index (χ2v) is 11.1. The topological polar surface area (TPSA) is 39.9 Å². The average Bonchev–Trinajstić information content (AvgIpc) is 3.41. The van der Waals surface area contributed by atoms with Crippen molar-refractivity contribution in [3.63, 3.8) is 0 Å². The monoisotopic (exact) mass is 501 g/mol. The molecular formula is C35H23N3O. The van der Waals surface area contributed by atoms with Gasteiger partial charge >= 0.3 is 0 Å². The predicted molar refractivity (Wildman–Crippen MR) is 157 cm³/mol. The zero-order chi connectivity index (χ0) is 25.9. The Labute approximate surface area is 225 Å². The molecule has 1 aliphatic carbocycles. The number of fused-ring (bicyclic) bond motifs is 8. The summed E-state index contributed by atoms with van der Waals surface area (Å²) in [5.41, 5.74) is 10.3. The molecule has 0 saturated heterocycles. The molecule has 0 radical (unpaired) electrons. The molecule has 2 aliphatic rings. The Morgan fingerprint density at radius 2 is 1.38 bits per heavy atom. The Kier molecular flexibility index (Phi) is 3.84. The molecule has 0 spiro atoms. The summed E-state index contributed by atoms with van der Waals surface area (Å²) in [6, 6.07) is 36.3. The van der Waals surface area contributed by atoms with E-state index < -0.39 is 0 Å². The molecule has 5 aromatic carbocycles. The number of hydrogen-bond acceptors (Lipinski definition) is 3. The number of nitrogens with zero attached hydrogens (tertiary/aromatic N) is 3. The van der Waals surface area contributed by atoms with E-state index >= 15 is 0 Å². The van der Waals surface area contributed by atoms with Gasteiger partial charge in [-0.15, -0.1) is 0 Å². The maximum absolute atomic E-state index is 6.24. The van der Waals surface area contributed by atoms with Gasteiger partial charge in [-0.2, -0.15) is 0 Å². The van der Waals surface area contributed by atoms with Crippen LogP contribution in [-0.2, 0) is 5.41 Å². The zero-order valence-corrected chi connectivity index (χ0v) is 21.6. The van der Waals surface area contributed by atoms with Crippen molar-refractivity contribution in [3.05, 3.63) is 114 Å². The van der Waals surface area contributed by atoms with Crippen LogP contribution in [0.5, 0.6) is 11.5 Å². The maximum Gasteiger partial charge on any atom is 0.235 e. The molecule has 4 nitrogen and oxygen atoms in total. The number of aromatic nitrogens is 3. The minimum Gasteiger partial charge on any atom is -0.456 e. The highest BCUT2D eigenvalue weighted by Crippen LogP contribution is 2.51. The zero-order valence-electron chi connectivity index (χ0n) is 21.6. The molecular weight excluding hydrogens is 478 g/mol. The van der Waals surface area contributed by atoms with Gasteiger partial charge < -0.3 is 4.74 Å². The number of rotatable bonds is 1. The minimum atomic E-state index is -0.0624. The van der Waals surface area contributed by atoms with Gasteiger partial charge in [-0.1, -0.05) is 74.5 Å². The molecule has 0 saturated carbocycles. The third-order valence-corrected chi connectivity index (χ3v) is 8.61. The van der Waals surface area contributed by atoms with Crippen LogP contribution in [-0.4, -0.2) is 14.5 Å². The first-order valence-electron chi connectivity index (χ1n) is 13.4. The fraction of sp³-hybridized carbons (Fsp3) is 0.0857. The highest BCUT2D eigenvalue weighted by Gasteiger charge is 2.36. The maximum atomic E-state index is 6.24. The molecule has 0 fully saturated rings. The fourth-order valence-corrected chi connectivity index (χ4v) is 6.77. The Bertz CT molecular complexity index is 2190. The third kappa shape index (κ3) is 2.63. The molecule has 7 aromatic rings. The molecule has 1 aliphatic heterocycles. The van der Waals surface area contributed by atoms with Crippen LogP contribution in [0, 0.1) is 0 Å². The molecule has 39 heavy (non-hydrogen) atoms. The average molecular weight is 502 g/mol. The largest absolute Gasteiger partial charge is 0.456 e. The van der Waals surface area contributed by atoms with Gasteiger partial charge in [0.05, 0.1) is 27.6 Å². The van der Waals surface area contributed by atoms with Gasteiger partial charge in [-0.3, -0.25) is 4.57 Å². The molecule has 4 heteroatoms. The molecule has 3 heterocycles. The van der Waals surface area contributed by atoms with Crippen LogP contribution in [0.25, 0.3) is 61.0 Å². The molecule has 9 rings (SSSR count). The van der Waals surface area contributed by atoms with Crippen molar-refractivity contribution in [1.82, 2.24) is 14.5 Å². The Morgan fingerprint density at radius 1 is 0.615 bits per heavy atom. The normalized spacial score (nSPS) is 14.3. The molecule has 0 bridgehead atoms. The number of benzene rings is 5. The second-order valence-electron chi connectivity index (χ2n) is 11.1. The first-order chi connectivity index (χ1) is 19.1. The summed E-state index contributed by atoms with van der Waals surface area (Å²) < 4.78 is 8.47. The Morgan fingerprint density at radius 3 is 2.31 bits per heavy atom. The van der Waals surface area contributed by atoms with E-state index in [4.69, 9.17) is 14.7 Å². The number of para-hydroxylation sites is 2. The molecule has 184 valence electrons. The summed E-state index contributed by atoms with van der Waals surface area (Å²) in [7, 11) is 0. The third-order valence-electron chi connectivity index (χ3n) is 8.61. The van der Waals surface area contributed by atoms with Crippen LogP contribution in [0.15, 0.2) is 103 Å². The summed E-state index contributed by atoms with van der Waals surface area (Å²) in [5.74, 6) is 2.29. The van der Waals surface area contributed by atoms with E-state index in [1.165, 1.54) is 33.0 Å².